The van der Waals surface area contributed by atoms with Crippen LogP contribution in [0.4, 0.5) is 4.79 Å². The molecule has 0 radical (unpaired) electrons. The quantitative estimate of drug-likeness (QED) is 0.171. The van der Waals surface area contributed by atoms with Crippen molar-refractivity contribution in [3.05, 3.63) is 35.9 Å². The number of benzene rings is 1. The SMILES string of the molecule is O=C(NCCc1ccccc1)O[C@H]1[C@@H](O[C@]2(CO)O[C@H](CO)[C@@H](O)[C@@H]2O)O[C@H](CO)[C@@H](O)[C@@H]1O. The molecule has 2 fully saturated rings. The molecule has 2 heterocycles. The zero-order valence-electron chi connectivity index (χ0n) is 18.2. The van der Waals surface area contributed by atoms with Crippen molar-refractivity contribution in [3.8, 4) is 0 Å². The Morgan fingerprint density at radius 1 is 0.971 bits per heavy atom. The van der Waals surface area contributed by atoms with Crippen molar-refractivity contribution in [2.24, 2.45) is 0 Å². The van der Waals surface area contributed by atoms with Crippen LogP contribution < -0.4 is 5.32 Å². The average molecular weight is 489 g/mol. The molecule has 2 aliphatic rings. The molecule has 0 aliphatic carbocycles. The van der Waals surface area contributed by atoms with Crippen molar-refractivity contribution in [1.82, 2.24) is 5.32 Å². The van der Waals surface area contributed by atoms with Crippen LogP contribution in [-0.2, 0) is 25.4 Å². The highest BCUT2D eigenvalue weighted by molar-refractivity contribution is 5.67. The number of ether oxygens (including phenoxy) is 4. The average Bonchev–Trinajstić information content (AvgIpc) is 3.09. The first kappa shape index (κ1) is 26.7. The fourth-order valence-corrected chi connectivity index (χ4v) is 3.86. The lowest BCUT2D eigenvalue weighted by molar-refractivity contribution is -0.382. The maximum atomic E-state index is 12.4. The second kappa shape index (κ2) is 11.7. The number of aliphatic hydroxyl groups excluding tert-OH is 7. The summed E-state index contributed by atoms with van der Waals surface area (Å²) in [6.07, 6.45) is -13.5. The van der Waals surface area contributed by atoms with Gasteiger partial charge in [0.15, 0.2) is 6.10 Å². The lowest BCUT2D eigenvalue weighted by Crippen LogP contribution is -2.64. The first-order valence-electron chi connectivity index (χ1n) is 10.8. The maximum Gasteiger partial charge on any atom is 0.407 e. The number of nitrogens with one attached hydrogen (secondary N) is 1. The van der Waals surface area contributed by atoms with E-state index in [4.69, 9.17) is 18.9 Å². The number of rotatable bonds is 9. The van der Waals surface area contributed by atoms with Crippen LogP contribution in [0.15, 0.2) is 30.3 Å². The van der Waals surface area contributed by atoms with Gasteiger partial charge in [0, 0.05) is 6.54 Å². The van der Waals surface area contributed by atoms with E-state index in [1.165, 1.54) is 0 Å². The molecule has 13 heteroatoms. The molecule has 34 heavy (non-hydrogen) atoms. The molecule has 13 nitrogen and oxygen atoms in total. The number of alkyl carbamates (subject to hydrolysis) is 1. The highest BCUT2D eigenvalue weighted by Crippen LogP contribution is 2.36. The smallest absolute Gasteiger partial charge is 0.407 e. The summed E-state index contributed by atoms with van der Waals surface area (Å²) in [5.41, 5.74) is 0.959. The third-order valence-corrected chi connectivity index (χ3v) is 5.82. The zero-order valence-corrected chi connectivity index (χ0v) is 18.2. The first-order chi connectivity index (χ1) is 16.3. The van der Waals surface area contributed by atoms with Crippen molar-refractivity contribution in [2.45, 2.75) is 61.2 Å². The summed E-state index contributed by atoms with van der Waals surface area (Å²) in [6.45, 7) is -2.28. The van der Waals surface area contributed by atoms with E-state index in [-0.39, 0.29) is 6.54 Å². The number of amides is 1. The predicted molar refractivity (Wildman–Crippen MR) is 111 cm³/mol. The predicted octanol–water partition coefficient (Wildman–Crippen LogP) is -3.42. The number of hydrogen-bond donors (Lipinski definition) is 8. The highest BCUT2D eigenvalue weighted by Gasteiger charge is 2.59. The molecule has 1 aromatic carbocycles. The summed E-state index contributed by atoms with van der Waals surface area (Å²) < 4.78 is 21.5. The molecule has 0 aromatic heterocycles. The van der Waals surface area contributed by atoms with Gasteiger partial charge in [-0.3, -0.25) is 0 Å². The molecule has 0 bridgehead atoms. The Kier molecular flexibility index (Phi) is 9.17. The third-order valence-electron chi connectivity index (χ3n) is 5.82. The van der Waals surface area contributed by atoms with E-state index in [9.17, 15) is 40.5 Å². The number of carbonyl (C=O) groups is 1. The van der Waals surface area contributed by atoms with Gasteiger partial charge in [0.1, 0.15) is 43.2 Å². The van der Waals surface area contributed by atoms with Gasteiger partial charge in [-0.05, 0) is 12.0 Å². The lowest BCUT2D eigenvalue weighted by atomic mass is 9.98. The number of carbonyl (C=O) groups excluding carboxylic acids is 1. The van der Waals surface area contributed by atoms with E-state index < -0.39 is 80.7 Å². The Hall–Kier alpha value is -1.91. The Bertz CT molecular complexity index is 784. The van der Waals surface area contributed by atoms with Gasteiger partial charge in [-0.15, -0.1) is 0 Å². The molecule has 1 aromatic rings. The second-order valence-corrected chi connectivity index (χ2v) is 8.10. The van der Waals surface area contributed by atoms with Crippen molar-refractivity contribution in [3.63, 3.8) is 0 Å². The van der Waals surface area contributed by atoms with Gasteiger partial charge in [-0.2, -0.15) is 0 Å². The minimum atomic E-state index is -2.31. The van der Waals surface area contributed by atoms with Crippen molar-refractivity contribution in [1.29, 1.82) is 0 Å². The Morgan fingerprint density at radius 3 is 2.24 bits per heavy atom. The Labute approximate surface area is 195 Å². The molecule has 9 atom stereocenters. The second-order valence-electron chi connectivity index (χ2n) is 8.10. The van der Waals surface area contributed by atoms with E-state index >= 15 is 0 Å². The summed E-state index contributed by atoms with van der Waals surface area (Å²) in [5, 5.41) is 72.3. The molecular formula is C21H31NO12. The van der Waals surface area contributed by atoms with Gasteiger partial charge < -0.3 is 60.0 Å². The lowest BCUT2D eigenvalue weighted by Gasteiger charge is -2.44. The highest BCUT2D eigenvalue weighted by atomic mass is 16.8. The summed E-state index contributed by atoms with van der Waals surface area (Å²) in [7, 11) is 0. The number of hydrogen-bond acceptors (Lipinski definition) is 12. The third kappa shape index (κ3) is 5.66. The minimum absolute atomic E-state index is 0.187. The Balaban J connectivity index is 1.71. The molecule has 1 amide bonds. The van der Waals surface area contributed by atoms with Crippen LogP contribution in [0.3, 0.4) is 0 Å². The summed E-state index contributed by atoms with van der Waals surface area (Å²) in [6, 6.07) is 9.29. The van der Waals surface area contributed by atoms with Crippen LogP contribution in [0, 0.1) is 0 Å². The maximum absolute atomic E-state index is 12.4. The van der Waals surface area contributed by atoms with E-state index in [0.717, 1.165) is 5.56 Å². The van der Waals surface area contributed by atoms with Crippen LogP contribution in [-0.4, -0.2) is 123 Å². The van der Waals surface area contributed by atoms with Crippen molar-refractivity contribution >= 4 is 6.09 Å². The molecule has 2 aliphatic heterocycles. The van der Waals surface area contributed by atoms with Gasteiger partial charge >= 0.3 is 6.09 Å². The van der Waals surface area contributed by atoms with Crippen LogP contribution in [0.2, 0.25) is 0 Å². The van der Waals surface area contributed by atoms with E-state index in [1.54, 1.807) is 0 Å². The van der Waals surface area contributed by atoms with Crippen molar-refractivity contribution < 1.29 is 59.5 Å². The van der Waals surface area contributed by atoms with Gasteiger partial charge in [-0.25, -0.2) is 4.79 Å². The molecule has 0 unspecified atom stereocenters. The number of aliphatic hydroxyl groups is 7. The molecule has 3 rings (SSSR count). The van der Waals surface area contributed by atoms with Gasteiger partial charge in [-0.1, -0.05) is 30.3 Å². The summed E-state index contributed by atoms with van der Waals surface area (Å²) >= 11 is 0. The van der Waals surface area contributed by atoms with E-state index in [0.29, 0.717) is 6.42 Å². The minimum Gasteiger partial charge on any atom is -0.438 e. The van der Waals surface area contributed by atoms with E-state index in [1.807, 2.05) is 30.3 Å². The zero-order chi connectivity index (χ0) is 24.9. The summed E-state index contributed by atoms with van der Waals surface area (Å²) in [5.74, 6) is -2.31. The molecule has 0 spiro atoms. The standard InChI is InChI=1S/C21H31NO12/c23-8-12-14(26)16(28)17(32-20(30)22-7-6-11-4-2-1-3-5-11)19(31-12)34-21(10-25)18(29)15(27)13(9-24)33-21/h1-5,12-19,23-29H,6-10H2,(H,22,30)/t12-,13-,14-,15-,16+,17-,18+,19-,21+/m1/s1. The van der Waals surface area contributed by atoms with Crippen molar-refractivity contribution in [2.75, 3.05) is 26.4 Å². The molecule has 8 N–H and O–H groups in total. The fraction of sp³-hybridized carbons (Fsp3) is 0.667. The summed E-state index contributed by atoms with van der Waals surface area (Å²) in [4.78, 5) is 12.4. The largest absolute Gasteiger partial charge is 0.438 e. The van der Waals surface area contributed by atoms with Crippen LogP contribution in [0.1, 0.15) is 5.56 Å². The topological polar surface area (TPSA) is 208 Å². The fourth-order valence-electron chi connectivity index (χ4n) is 3.86. The van der Waals surface area contributed by atoms with Crippen LogP contribution in [0.25, 0.3) is 0 Å². The molecular weight excluding hydrogens is 458 g/mol. The van der Waals surface area contributed by atoms with Gasteiger partial charge in [0.25, 0.3) is 0 Å². The van der Waals surface area contributed by atoms with Gasteiger partial charge in [0.2, 0.25) is 12.1 Å². The first-order valence-corrected chi connectivity index (χ1v) is 10.8. The molecule has 192 valence electrons. The van der Waals surface area contributed by atoms with Crippen LogP contribution in [0.5, 0.6) is 0 Å². The van der Waals surface area contributed by atoms with Crippen LogP contribution >= 0.6 is 0 Å². The monoisotopic (exact) mass is 489 g/mol. The van der Waals surface area contributed by atoms with E-state index in [2.05, 4.69) is 5.32 Å². The molecule has 0 saturated carbocycles. The van der Waals surface area contributed by atoms with Gasteiger partial charge in [0.05, 0.1) is 13.2 Å². The molecule has 2 saturated heterocycles. The Morgan fingerprint density at radius 2 is 1.65 bits per heavy atom. The normalized spacial score (nSPS) is 38.0.